The lowest BCUT2D eigenvalue weighted by atomic mass is 9.67. The number of aromatic nitrogens is 2. The van der Waals surface area contributed by atoms with E-state index < -0.39 is 5.41 Å². The fourth-order valence-electron chi connectivity index (χ4n) is 9.93. The van der Waals surface area contributed by atoms with Gasteiger partial charge >= 0.3 is 0 Å². The molecule has 11 aromatic rings. The summed E-state index contributed by atoms with van der Waals surface area (Å²) in [5, 5.41) is 4.53. The van der Waals surface area contributed by atoms with Crippen LogP contribution < -0.4 is 0 Å². The standard InChI is InChI=1S/C59H38N2/c1-4-14-41(15-5-1)55-36-31-42-28-29-43-32-37-56(61-58(43)57(42)60-55)52-35-34-47(48-20-10-11-21-49(48)52)40-26-24-39(25-27-40)44-30-33-51-50-22-12-13-23-53(50)59(54(51)38-44,45-16-6-2-7-17-45)46-18-8-3-9-19-46/h1-38H. The zero-order chi connectivity index (χ0) is 40.3. The van der Waals surface area contributed by atoms with Crippen LogP contribution in [0.4, 0.5) is 0 Å². The lowest BCUT2D eigenvalue weighted by Crippen LogP contribution is -2.28. The average Bonchev–Trinajstić information content (AvgIpc) is 3.64. The Morgan fingerprint density at radius 2 is 0.754 bits per heavy atom. The molecule has 1 aliphatic rings. The molecule has 0 amide bonds. The van der Waals surface area contributed by atoms with E-state index in [0.717, 1.165) is 44.3 Å². The maximum atomic E-state index is 5.33. The van der Waals surface area contributed by atoms with E-state index in [1.165, 1.54) is 66.4 Å². The molecule has 2 nitrogen and oxygen atoms in total. The lowest BCUT2D eigenvalue weighted by Gasteiger charge is -2.34. The molecule has 0 spiro atoms. The van der Waals surface area contributed by atoms with Crippen molar-refractivity contribution in [3.05, 3.63) is 253 Å². The van der Waals surface area contributed by atoms with E-state index in [1.807, 2.05) is 6.07 Å². The molecule has 0 saturated heterocycles. The fourth-order valence-corrected chi connectivity index (χ4v) is 9.93. The van der Waals surface area contributed by atoms with Crippen molar-refractivity contribution in [2.24, 2.45) is 0 Å². The van der Waals surface area contributed by atoms with E-state index in [9.17, 15) is 0 Å². The van der Waals surface area contributed by atoms with Gasteiger partial charge < -0.3 is 0 Å². The van der Waals surface area contributed by atoms with E-state index in [-0.39, 0.29) is 0 Å². The summed E-state index contributed by atoms with van der Waals surface area (Å²) in [5.41, 5.74) is 18.0. The van der Waals surface area contributed by atoms with Crippen LogP contribution >= 0.6 is 0 Å². The second-order valence-electron chi connectivity index (χ2n) is 16.0. The summed E-state index contributed by atoms with van der Waals surface area (Å²) in [6, 6.07) is 83.5. The molecule has 284 valence electrons. The molecule has 2 aromatic heterocycles. The second-order valence-corrected chi connectivity index (χ2v) is 16.0. The van der Waals surface area contributed by atoms with Gasteiger partial charge in [0.05, 0.1) is 27.8 Å². The van der Waals surface area contributed by atoms with Gasteiger partial charge in [0.25, 0.3) is 0 Å². The minimum Gasteiger partial charge on any atom is -0.245 e. The van der Waals surface area contributed by atoms with Crippen molar-refractivity contribution in [2.45, 2.75) is 5.41 Å². The number of fused-ring (bicyclic) bond motifs is 7. The fraction of sp³-hybridized carbons (Fsp3) is 0.0169. The Hall–Kier alpha value is -7.94. The maximum Gasteiger partial charge on any atom is 0.0972 e. The number of hydrogen-bond donors (Lipinski definition) is 0. The van der Waals surface area contributed by atoms with Crippen LogP contribution in [0, 0.1) is 0 Å². The normalized spacial score (nSPS) is 12.7. The highest BCUT2D eigenvalue weighted by Gasteiger charge is 2.46. The molecule has 0 bridgehead atoms. The molecule has 61 heavy (non-hydrogen) atoms. The van der Waals surface area contributed by atoms with Gasteiger partial charge in [-0.1, -0.05) is 212 Å². The van der Waals surface area contributed by atoms with Crippen molar-refractivity contribution in [3.63, 3.8) is 0 Å². The Bertz CT molecular complexity index is 3410. The van der Waals surface area contributed by atoms with Crippen LogP contribution in [0.5, 0.6) is 0 Å². The molecule has 2 heteroatoms. The summed E-state index contributed by atoms with van der Waals surface area (Å²) < 4.78 is 0. The molecule has 0 atom stereocenters. The van der Waals surface area contributed by atoms with Gasteiger partial charge in [-0.05, 0) is 84.6 Å². The zero-order valence-electron chi connectivity index (χ0n) is 33.3. The first-order chi connectivity index (χ1) is 30.2. The van der Waals surface area contributed by atoms with E-state index in [1.54, 1.807) is 0 Å². The first-order valence-corrected chi connectivity index (χ1v) is 21.0. The minimum atomic E-state index is -0.431. The summed E-state index contributed by atoms with van der Waals surface area (Å²) in [4.78, 5) is 10.5. The SMILES string of the molecule is c1ccc(-c2ccc3ccc4ccc(-c5ccc(-c6ccc(-c7ccc8c(c7)C(c7ccccc7)(c7ccccc7)c7ccccc7-8)cc6)c6ccccc56)nc4c3n2)cc1. The number of pyridine rings is 2. The zero-order valence-corrected chi connectivity index (χ0v) is 33.3. The van der Waals surface area contributed by atoms with E-state index in [4.69, 9.17) is 9.97 Å². The van der Waals surface area contributed by atoms with Crippen LogP contribution in [0.1, 0.15) is 22.3 Å². The largest absolute Gasteiger partial charge is 0.245 e. The van der Waals surface area contributed by atoms with Crippen molar-refractivity contribution in [3.8, 4) is 55.9 Å². The second kappa shape index (κ2) is 14.1. The van der Waals surface area contributed by atoms with Crippen molar-refractivity contribution >= 4 is 32.6 Å². The predicted octanol–water partition coefficient (Wildman–Crippen LogP) is 15.0. The smallest absolute Gasteiger partial charge is 0.0972 e. The van der Waals surface area contributed by atoms with E-state index in [2.05, 4.69) is 224 Å². The molecule has 0 radical (unpaired) electrons. The summed E-state index contributed by atoms with van der Waals surface area (Å²) in [5.74, 6) is 0. The van der Waals surface area contributed by atoms with Gasteiger partial charge in [0, 0.05) is 21.9 Å². The van der Waals surface area contributed by atoms with Crippen LogP contribution in [0.15, 0.2) is 231 Å². The molecule has 0 saturated carbocycles. The predicted molar refractivity (Wildman–Crippen MR) is 254 cm³/mol. The molecular formula is C59H38N2. The van der Waals surface area contributed by atoms with Crippen LogP contribution in [0.25, 0.3) is 88.5 Å². The highest BCUT2D eigenvalue weighted by atomic mass is 14.8. The number of benzene rings is 9. The molecule has 12 rings (SSSR count). The van der Waals surface area contributed by atoms with Crippen LogP contribution in [-0.2, 0) is 5.41 Å². The summed E-state index contributed by atoms with van der Waals surface area (Å²) >= 11 is 0. The third kappa shape index (κ3) is 5.57. The Labute approximate surface area is 355 Å². The molecule has 1 aliphatic carbocycles. The van der Waals surface area contributed by atoms with Crippen LogP contribution in [-0.4, -0.2) is 9.97 Å². The van der Waals surface area contributed by atoms with Crippen molar-refractivity contribution in [1.29, 1.82) is 0 Å². The Kier molecular flexibility index (Phi) is 8.11. The number of hydrogen-bond acceptors (Lipinski definition) is 2. The molecular weight excluding hydrogens is 737 g/mol. The Balaban J connectivity index is 0.939. The highest BCUT2D eigenvalue weighted by Crippen LogP contribution is 2.56. The van der Waals surface area contributed by atoms with Gasteiger partial charge in [-0.15, -0.1) is 0 Å². The summed E-state index contributed by atoms with van der Waals surface area (Å²) in [6.45, 7) is 0. The third-order valence-corrected chi connectivity index (χ3v) is 12.8. The highest BCUT2D eigenvalue weighted by molar-refractivity contribution is 6.07. The third-order valence-electron chi connectivity index (χ3n) is 12.8. The van der Waals surface area contributed by atoms with Crippen molar-refractivity contribution < 1.29 is 0 Å². The summed E-state index contributed by atoms with van der Waals surface area (Å²) in [7, 11) is 0. The first kappa shape index (κ1) is 35.0. The average molecular weight is 775 g/mol. The van der Waals surface area contributed by atoms with Crippen molar-refractivity contribution in [1.82, 2.24) is 9.97 Å². The van der Waals surface area contributed by atoms with E-state index >= 15 is 0 Å². The molecule has 0 unspecified atom stereocenters. The first-order valence-electron chi connectivity index (χ1n) is 21.0. The monoisotopic (exact) mass is 774 g/mol. The molecule has 0 N–H and O–H groups in total. The molecule has 9 aromatic carbocycles. The topological polar surface area (TPSA) is 25.8 Å². The number of nitrogens with zero attached hydrogens (tertiary/aromatic N) is 2. The van der Waals surface area contributed by atoms with Crippen molar-refractivity contribution in [2.75, 3.05) is 0 Å². The van der Waals surface area contributed by atoms with E-state index in [0.29, 0.717) is 0 Å². The van der Waals surface area contributed by atoms with Gasteiger partial charge in [-0.3, -0.25) is 0 Å². The minimum absolute atomic E-state index is 0.431. The van der Waals surface area contributed by atoms with Gasteiger partial charge in [-0.2, -0.15) is 0 Å². The number of rotatable bonds is 6. The molecule has 0 fully saturated rings. The van der Waals surface area contributed by atoms with Crippen LogP contribution in [0.3, 0.4) is 0 Å². The van der Waals surface area contributed by atoms with Gasteiger partial charge in [-0.25, -0.2) is 9.97 Å². The quantitative estimate of drug-likeness (QED) is 0.157. The van der Waals surface area contributed by atoms with Gasteiger partial charge in [0.15, 0.2) is 0 Å². The Morgan fingerprint density at radius 3 is 1.44 bits per heavy atom. The maximum absolute atomic E-state index is 5.33. The Morgan fingerprint density at radius 1 is 0.279 bits per heavy atom. The van der Waals surface area contributed by atoms with Crippen LogP contribution in [0.2, 0.25) is 0 Å². The summed E-state index contributed by atoms with van der Waals surface area (Å²) in [6.07, 6.45) is 0. The molecule has 2 heterocycles. The van der Waals surface area contributed by atoms with Gasteiger partial charge in [0.2, 0.25) is 0 Å². The van der Waals surface area contributed by atoms with Gasteiger partial charge in [0.1, 0.15) is 0 Å². The lowest BCUT2D eigenvalue weighted by molar-refractivity contribution is 0.769. The molecule has 0 aliphatic heterocycles.